The van der Waals surface area contributed by atoms with Crippen LogP contribution < -0.4 is 5.73 Å². The second-order valence-electron chi connectivity index (χ2n) is 3.72. The van der Waals surface area contributed by atoms with E-state index in [2.05, 4.69) is 41.9 Å². The quantitative estimate of drug-likeness (QED) is 0.873. The predicted octanol–water partition coefficient (Wildman–Crippen LogP) is 3.95. The van der Waals surface area contributed by atoms with Crippen LogP contribution in [-0.4, -0.2) is 0 Å². The zero-order valence-corrected chi connectivity index (χ0v) is 10.5. The van der Waals surface area contributed by atoms with Gasteiger partial charge >= 0.3 is 0 Å². The molecule has 1 aromatic heterocycles. The van der Waals surface area contributed by atoms with Crippen molar-refractivity contribution in [1.82, 2.24) is 0 Å². The molecule has 2 N–H and O–H groups in total. The Morgan fingerprint density at radius 2 is 2.08 bits per heavy atom. The van der Waals surface area contributed by atoms with Crippen molar-refractivity contribution in [2.75, 3.05) is 0 Å². The molecule has 74 valence electrons. The van der Waals surface area contributed by atoms with Crippen LogP contribution in [0.25, 0.3) is 0 Å². The Morgan fingerprint density at radius 1 is 1.38 bits per heavy atom. The topological polar surface area (TPSA) is 26.0 Å². The average molecular weight is 262 g/mol. The van der Waals surface area contributed by atoms with Crippen LogP contribution in [0.2, 0.25) is 0 Å². The molecule has 13 heavy (non-hydrogen) atoms. The number of nitrogens with two attached hydrogens (primary N) is 1. The lowest BCUT2D eigenvalue weighted by atomic mass is 10.0. The van der Waals surface area contributed by atoms with E-state index in [-0.39, 0.29) is 6.04 Å². The highest BCUT2D eigenvalue weighted by Gasteiger charge is 2.08. The number of rotatable bonds is 4. The third-order valence-electron chi connectivity index (χ3n) is 2.01. The summed E-state index contributed by atoms with van der Waals surface area (Å²) in [4.78, 5) is 1.28. The van der Waals surface area contributed by atoms with E-state index in [4.69, 9.17) is 5.73 Å². The van der Waals surface area contributed by atoms with Crippen LogP contribution in [0, 0.1) is 5.92 Å². The molecule has 0 aromatic carbocycles. The van der Waals surface area contributed by atoms with E-state index in [9.17, 15) is 0 Å². The number of hydrogen-bond acceptors (Lipinski definition) is 2. The van der Waals surface area contributed by atoms with Gasteiger partial charge in [-0.3, -0.25) is 0 Å². The fourth-order valence-electron chi connectivity index (χ4n) is 1.18. The van der Waals surface area contributed by atoms with Gasteiger partial charge < -0.3 is 5.73 Å². The van der Waals surface area contributed by atoms with Gasteiger partial charge in [0.1, 0.15) is 0 Å². The Bertz CT molecular complexity index is 257. The maximum Gasteiger partial charge on any atom is 0.0701 e. The Hall–Kier alpha value is 0.140. The highest BCUT2D eigenvalue weighted by atomic mass is 79.9. The summed E-state index contributed by atoms with van der Waals surface area (Å²) in [6.45, 7) is 4.47. The van der Waals surface area contributed by atoms with Crippen molar-refractivity contribution in [3.8, 4) is 0 Å². The van der Waals surface area contributed by atoms with Crippen LogP contribution in [0.5, 0.6) is 0 Å². The smallest absolute Gasteiger partial charge is 0.0701 e. The second kappa shape index (κ2) is 5.13. The molecule has 0 saturated heterocycles. The van der Waals surface area contributed by atoms with Gasteiger partial charge in [0.2, 0.25) is 0 Å². The third-order valence-corrected chi connectivity index (χ3v) is 3.77. The first-order valence-electron chi connectivity index (χ1n) is 4.60. The van der Waals surface area contributed by atoms with Crippen molar-refractivity contribution in [1.29, 1.82) is 0 Å². The molecule has 3 heteroatoms. The summed E-state index contributed by atoms with van der Waals surface area (Å²) >= 11 is 5.18. The number of hydrogen-bond donors (Lipinski definition) is 1. The molecule has 1 unspecified atom stereocenters. The second-order valence-corrected chi connectivity index (χ2v) is 6.21. The minimum absolute atomic E-state index is 0.221. The standard InChI is InChI=1S/C10H16BrNS/c1-7(2)3-4-8(12)9-5-6-10(11)13-9/h5-8H,3-4,12H2,1-2H3. The zero-order chi connectivity index (χ0) is 9.84. The van der Waals surface area contributed by atoms with Gasteiger partial charge in [-0.1, -0.05) is 13.8 Å². The van der Waals surface area contributed by atoms with E-state index in [0.717, 1.165) is 12.3 Å². The summed E-state index contributed by atoms with van der Waals surface area (Å²) in [6.07, 6.45) is 2.29. The monoisotopic (exact) mass is 261 g/mol. The summed E-state index contributed by atoms with van der Waals surface area (Å²) in [6, 6.07) is 4.40. The maximum absolute atomic E-state index is 6.05. The van der Waals surface area contributed by atoms with Crippen molar-refractivity contribution < 1.29 is 0 Å². The number of thiophene rings is 1. The lowest BCUT2D eigenvalue weighted by Crippen LogP contribution is -2.09. The van der Waals surface area contributed by atoms with Crippen molar-refractivity contribution in [3.05, 3.63) is 20.8 Å². The Labute approximate surface area is 92.5 Å². The highest BCUT2D eigenvalue weighted by Crippen LogP contribution is 2.28. The molecule has 0 saturated carbocycles. The molecule has 0 spiro atoms. The molecule has 0 radical (unpaired) electrons. The van der Waals surface area contributed by atoms with E-state index in [1.165, 1.54) is 15.1 Å². The maximum atomic E-state index is 6.05. The largest absolute Gasteiger partial charge is 0.323 e. The van der Waals surface area contributed by atoms with Gasteiger partial charge in [0.25, 0.3) is 0 Å². The summed E-state index contributed by atoms with van der Waals surface area (Å²) < 4.78 is 1.17. The van der Waals surface area contributed by atoms with Crippen LogP contribution in [0.1, 0.15) is 37.6 Å². The Morgan fingerprint density at radius 3 is 2.54 bits per heavy atom. The zero-order valence-electron chi connectivity index (χ0n) is 8.09. The Balaban J connectivity index is 2.44. The lowest BCUT2D eigenvalue weighted by molar-refractivity contribution is 0.510. The fraction of sp³-hybridized carbons (Fsp3) is 0.600. The van der Waals surface area contributed by atoms with Crippen LogP contribution in [-0.2, 0) is 0 Å². The fourth-order valence-corrected chi connectivity index (χ4v) is 2.64. The van der Waals surface area contributed by atoms with Gasteiger partial charge in [0, 0.05) is 10.9 Å². The summed E-state index contributed by atoms with van der Waals surface area (Å²) in [5.74, 6) is 0.745. The molecule has 0 bridgehead atoms. The summed E-state index contributed by atoms with van der Waals surface area (Å²) in [5.41, 5.74) is 6.05. The highest BCUT2D eigenvalue weighted by molar-refractivity contribution is 9.11. The van der Waals surface area contributed by atoms with Gasteiger partial charge in [-0.25, -0.2) is 0 Å². The molecule has 1 nitrogen and oxygen atoms in total. The normalized spacial score (nSPS) is 13.6. The van der Waals surface area contributed by atoms with Crippen molar-refractivity contribution in [2.24, 2.45) is 11.7 Å². The van der Waals surface area contributed by atoms with Crippen molar-refractivity contribution in [2.45, 2.75) is 32.7 Å². The van der Waals surface area contributed by atoms with E-state index in [1.54, 1.807) is 11.3 Å². The molecule has 0 aliphatic rings. The molecule has 0 aliphatic carbocycles. The van der Waals surface area contributed by atoms with Gasteiger partial charge in [-0.05, 0) is 46.8 Å². The van der Waals surface area contributed by atoms with Crippen molar-refractivity contribution in [3.63, 3.8) is 0 Å². The molecule has 1 atom stereocenters. The minimum Gasteiger partial charge on any atom is -0.323 e. The third kappa shape index (κ3) is 3.79. The molecule has 1 heterocycles. The van der Waals surface area contributed by atoms with Crippen molar-refractivity contribution >= 4 is 27.3 Å². The number of halogens is 1. The first kappa shape index (κ1) is 11.2. The van der Waals surface area contributed by atoms with Gasteiger partial charge in [0.05, 0.1) is 3.79 Å². The van der Waals surface area contributed by atoms with Gasteiger partial charge in [0.15, 0.2) is 0 Å². The summed E-state index contributed by atoms with van der Waals surface area (Å²) in [5, 5.41) is 0. The average Bonchev–Trinajstić information content (AvgIpc) is 2.47. The molecule has 1 rings (SSSR count). The lowest BCUT2D eigenvalue weighted by Gasteiger charge is -2.10. The molecule has 1 aromatic rings. The molecule has 0 aliphatic heterocycles. The Kier molecular flexibility index (Phi) is 4.42. The van der Waals surface area contributed by atoms with Crippen LogP contribution in [0.15, 0.2) is 15.9 Å². The molecular formula is C10H16BrNS. The summed E-state index contributed by atoms with van der Waals surface area (Å²) in [7, 11) is 0. The predicted molar refractivity (Wildman–Crippen MR) is 63.0 cm³/mol. The van der Waals surface area contributed by atoms with Crippen LogP contribution >= 0.6 is 27.3 Å². The first-order chi connectivity index (χ1) is 6.09. The first-order valence-corrected chi connectivity index (χ1v) is 6.21. The minimum atomic E-state index is 0.221. The molecule has 0 fully saturated rings. The molecule has 0 amide bonds. The van der Waals surface area contributed by atoms with E-state index in [0.29, 0.717) is 0 Å². The van der Waals surface area contributed by atoms with E-state index >= 15 is 0 Å². The van der Waals surface area contributed by atoms with Gasteiger partial charge in [-0.2, -0.15) is 0 Å². The molecular weight excluding hydrogens is 246 g/mol. The van der Waals surface area contributed by atoms with Gasteiger partial charge in [-0.15, -0.1) is 11.3 Å². The van der Waals surface area contributed by atoms with Crippen LogP contribution in [0.3, 0.4) is 0 Å². The van der Waals surface area contributed by atoms with E-state index in [1.807, 2.05) is 0 Å². The SMILES string of the molecule is CC(C)CCC(N)c1ccc(Br)s1. The van der Waals surface area contributed by atoms with E-state index < -0.39 is 0 Å². The van der Waals surface area contributed by atoms with Crippen LogP contribution in [0.4, 0.5) is 0 Å².